The standard InChI is InChI=1S/C21H26ClN3/c1-15-6-8-17(9-7-15)21-19-14-18(22)10-11-20(19)23-16(2)25(21)13-5-12-24(3)4/h6-11,14,21H,5,12-13H2,1-4H3/t21-/m0/s1. The van der Waals surface area contributed by atoms with Gasteiger partial charge in [-0.1, -0.05) is 41.4 Å². The van der Waals surface area contributed by atoms with Gasteiger partial charge in [0.15, 0.2) is 0 Å². The maximum atomic E-state index is 6.31. The lowest BCUT2D eigenvalue weighted by molar-refractivity contribution is 0.312. The zero-order valence-electron chi connectivity index (χ0n) is 15.5. The van der Waals surface area contributed by atoms with Crippen molar-refractivity contribution in [3.8, 4) is 0 Å². The largest absolute Gasteiger partial charge is 0.349 e. The van der Waals surface area contributed by atoms with Crippen LogP contribution in [0.15, 0.2) is 47.5 Å². The van der Waals surface area contributed by atoms with Crippen molar-refractivity contribution in [1.29, 1.82) is 0 Å². The average molecular weight is 356 g/mol. The average Bonchev–Trinajstić information content (AvgIpc) is 2.56. The van der Waals surface area contributed by atoms with Crippen LogP contribution in [0.3, 0.4) is 0 Å². The first-order valence-electron chi connectivity index (χ1n) is 8.78. The van der Waals surface area contributed by atoms with Crippen molar-refractivity contribution in [2.24, 2.45) is 4.99 Å². The molecule has 2 aromatic rings. The van der Waals surface area contributed by atoms with Gasteiger partial charge in [0.25, 0.3) is 0 Å². The molecule has 4 heteroatoms. The van der Waals surface area contributed by atoms with Crippen molar-refractivity contribution in [1.82, 2.24) is 9.80 Å². The summed E-state index contributed by atoms with van der Waals surface area (Å²) in [5.74, 6) is 1.07. The molecule has 2 aromatic carbocycles. The fourth-order valence-corrected chi connectivity index (χ4v) is 3.58. The second kappa shape index (κ2) is 7.59. The lowest BCUT2D eigenvalue weighted by Crippen LogP contribution is -2.38. The summed E-state index contributed by atoms with van der Waals surface area (Å²) < 4.78 is 0. The second-order valence-corrected chi connectivity index (χ2v) is 7.46. The van der Waals surface area contributed by atoms with Crippen molar-refractivity contribution >= 4 is 23.1 Å². The molecule has 0 saturated carbocycles. The van der Waals surface area contributed by atoms with Crippen LogP contribution in [0, 0.1) is 6.92 Å². The summed E-state index contributed by atoms with van der Waals surface area (Å²) in [7, 11) is 4.23. The van der Waals surface area contributed by atoms with Gasteiger partial charge < -0.3 is 9.80 Å². The van der Waals surface area contributed by atoms with E-state index in [2.05, 4.69) is 68.1 Å². The van der Waals surface area contributed by atoms with Gasteiger partial charge in [-0.2, -0.15) is 0 Å². The van der Waals surface area contributed by atoms with E-state index in [-0.39, 0.29) is 6.04 Å². The SMILES string of the molecule is CC1=Nc2ccc(Cl)cc2[C@H](c2ccc(C)cc2)N1CCCN(C)C. The Bertz CT molecular complexity index is 765. The number of aryl methyl sites for hydroxylation is 1. The predicted molar refractivity (Wildman–Crippen MR) is 107 cm³/mol. The zero-order chi connectivity index (χ0) is 18.0. The summed E-state index contributed by atoms with van der Waals surface area (Å²) in [6.45, 7) is 6.26. The Kier molecular flexibility index (Phi) is 5.45. The molecule has 0 radical (unpaired) electrons. The molecule has 1 atom stereocenters. The highest BCUT2D eigenvalue weighted by molar-refractivity contribution is 6.30. The molecule has 3 nitrogen and oxygen atoms in total. The number of fused-ring (bicyclic) bond motifs is 1. The fraction of sp³-hybridized carbons (Fsp3) is 0.381. The molecule has 0 bridgehead atoms. The second-order valence-electron chi connectivity index (χ2n) is 7.03. The normalized spacial score (nSPS) is 16.8. The van der Waals surface area contributed by atoms with E-state index >= 15 is 0 Å². The summed E-state index contributed by atoms with van der Waals surface area (Å²) in [6.07, 6.45) is 1.10. The van der Waals surface area contributed by atoms with Gasteiger partial charge in [0.2, 0.25) is 0 Å². The van der Waals surface area contributed by atoms with Gasteiger partial charge in [0.05, 0.1) is 11.7 Å². The number of amidine groups is 1. The summed E-state index contributed by atoms with van der Waals surface area (Å²) in [6, 6.07) is 15.0. The number of hydrogen-bond acceptors (Lipinski definition) is 3. The number of halogens is 1. The van der Waals surface area contributed by atoms with E-state index in [1.807, 2.05) is 12.1 Å². The predicted octanol–water partition coefficient (Wildman–Crippen LogP) is 5.06. The fourth-order valence-electron chi connectivity index (χ4n) is 3.40. The van der Waals surface area contributed by atoms with E-state index in [9.17, 15) is 0 Å². The zero-order valence-corrected chi connectivity index (χ0v) is 16.2. The molecule has 3 rings (SSSR count). The first kappa shape index (κ1) is 18.0. The van der Waals surface area contributed by atoms with Crippen molar-refractivity contribution in [2.75, 3.05) is 27.2 Å². The number of hydrogen-bond donors (Lipinski definition) is 0. The molecule has 25 heavy (non-hydrogen) atoms. The van der Waals surface area contributed by atoms with Crippen LogP contribution in [0.1, 0.15) is 36.1 Å². The molecular weight excluding hydrogens is 330 g/mol. The lowest BCUT2D eigenvalue weighted by Gasteiger charge is -2.38. The molecule has 0 aromatic heterocycles. The summed E-state index contributed by atoms with van der Waals surface area (Å²) in [5, 5.41) is 0.763. The molecule has 0 fully saturated rings. The van der Waals surface area contributed by atoms with Gasteiger partial charge in [-0.25, -0.2) is 4.99 Å². The lowest BCUT2D eigenvalue weighted by atomic mass is 9.93. The van der Waals surface area contributed by atoms with E-state index in [1.54, 1.807) is 0 Å². The van der Waals surface area contributed by atoms with Crippen molar-refractivity contribution in [2.45, 2.75) is 26.3 Å². The smallest absolute Gasteiger partial charge is 0.102 e. The molecule has 0 aliphatic carbocycles. The van der Waals surface area contributed by atoms with E-state index < -0.39 is 0 Å². The summed E-state index contributed by atoms with van der Waals surface area (Å²) in [4.78, 5) is 9.46. The molecule has 1 heterocycles. The Morgan fingerprint density at radius 2 is 1.80 bits per heavy atom. The Hall–Kier alpha value is -1.84. The minimum Gasteiger partial charge on any atom is -0.349 e. The van der Waals surface area contributed by atoms with Crippen molar-refractivity contribution in [3.05, 3.63) is 64.2 Å². The van der Waals surface area contributed by atoms with Crippen molar-refractivity contribution < 1.29 is 0 Å². The van der Waals surface area contributed by atoms with Crippen LogP contribution < -0.4 is 0 Å². The topological polar surface area (TPSA) is 18.8 Å². The van der Waals surface area contributed by atoms with Crippen molar-refractivity contribution in [3.63, 3.8) is 0 Å². The molecule has 0 N–H and O–H groups in total. The first-order chi connectivity index (χ1) is 12.0. The molecular formula is C21H26ClN3. The van der Waals surface area contributed by atoms with Gasteiger partial charge in [0.1, 0.15) is 5.84 Å². The van der Waals surface area contributed by atoms with E-state index in [4.69, 9.17) is 16.6 Å². The maximum absolute atomic E-state index is 6.31. The van der Waals surface area contributed by atoms with Crippen LogP contribution in [0.5, 0.6) is 0 Å². The molecule has 132 valence electrons. The highest BCUT2D eigenvalue weighted by Gasteiger charge is 2.29. The highest BCUT2D eigenvalue weighted by atomic mass is 35.5. The third kappa shape index (κ3) is 4.05. The summed E-state index contributed by atoms with van der Waals surface area (Å²) >= 11 is 6.31. The van der Waals surface area contributed by atoms with E-state index in [0.717, 1.165) is 36.1 Å². The van der Waals surface area contributed by atoms with Crippen LogP contribution >= 0.6 is 11.6 Å². The Morgan fingerprint density at radius 1 is 1.08 bits per heavy atom. The monoisotopic (exact) mass is 355 g/mol. The maximum Gasteiger partial charge on any atom is 0.102 e. The van der Waals surface area contributed by atoms with Crippen LogP contribution in [0.2, 0.25) is 5.02 Å². The van der Waals surface area contributed by atoms with Gasteiger partial charge >= 0.3 is 0 Å². The third-order valence-electron chi connectivity index (χ3n) is 4.69. The van der Waals surface area contributed by atoms with Gasteiger partial charge in [-0.3, -0.25) is 0 Å². The van der Waals surface area contributed by atoms with Gasteiger partial charge in [-0.05, 0) is 64.7 Å². The van der Waals surface area contributed by atoms with Gasteiger partial charge in [0, 0.05) is 17.1 Å². The van der Waals surface area contributed by atoms with Crippen LogP contribution in [0.25, 0.3) is 0 Å². The van der Waals surface area contributed by atoms with E-state index in [0.29, 0.717) is 0 Å². The number of rotatable bonds is 5. The number of aliphatic imine (C=N–C) groups is 1. The third-order valence-corrected chi connectivity index (χ3v) is 4.93. The molecule has 0 spiro atoms. The Morgan fingerprint density at radius 3 is 2.48 bits per heavy atom. The van der Waals surface area contributed by atoms with Gasteiger partial charge in [-0.15, -0.1) is 0 Å². The van der Waals surface area contributed by atoms with Crippen LogP contribution in [-0.2, 0) is 0 Å². The Labute approximate surface area is 155 Å². The first-order valence-corrected chi connectivity index (χ1v) is 9.16. The molecule has 1 aliphatic heterocycles. The van der Waals surface area contributed by atoms with Crippen LogP contribution in [0.4, 0.5) is 5.69 Å². The van der Waals surface area contributed by atoms with E-state index in [1.165, 1.54) is 16.7 Å². The highest BCUT2D eigenvalue weighted by Crippen LogP contribution is 2.40. The molecule has 0 saturated heterocycles. The quantitative estimate of drug-likeness (QED) is 0.746. The summed E-state index contributed by atoms with van der Waals surface area (Å²) in [5.41, 5.74) is 4.77. The molecule has 0 amide bonds. The van der Waals surface area contributed by atoms with Crippen LogP contribution in [-0.4, -0.2) is 42.8 Å². The minimum absolute atomic E-state index is 0.161. The number of benzene rings is 2. The number of nitrogens with zero attached hydrogens (tertiary/aromatic N) is 3. The molecule has 1 aliphatic rings. The minimum atomic E-state index is 0.161. The molecule has 0 unspecified atom stereocenters. The Balaban J connectivity index is 2.01.